The van der Waals surface area contributed by atoms with Crippen LogP contribution in [0.2, 0.25) is 0 Å². The summed E-state index contributed by atoms with van der Waals surface area (Å²) in [4.78, 5) is 0. The zero-order valence-corrected chi connectivity index (χ0v) is 8.36. The lowest BCUT2D eigenvalue weighted by molar-refractivity contribution is 0.0295. The standard InChI is InChI=1S/C8H16ClNO2/c1-7(9)4-10-5-8(12-3)6-11-2/h8,10H,1,4-6H2,2-3H3. The Morgan fingerprint density at radius 3 is 2.67 bits per heavy atom. The molecule has 3 nitrogen and oxygen atoms in total. The third-order valence-electron chi connectivity index (χ3n) is 1.37. The van der Waals surface area contributed by atoms with Gasteiger partial charge in [0.25, 0.3) is 0 Å². The number of rotatable bonds is 7. The lowest BCUT2D eigenvalue weighted by Gasteiger charge is -2.14. The molecule has 12 heavy (non-hydrogen) atoms. The van der Waals surface area contributed by atoms with E-state index in [2.05, 4.69) is 11.9 Å². The maximum atomic E-state index is 5.55. The summed E-state index contributed by atoms with van der Waals surface area (Å²) in [6.07, 6.45) is 0.0750. The van der Waals surface area contributed by atoms with E-state index in [0.29, 0.717) is 18.2 Å². The SMILES string of the molecule is C=C(Cl)CNCC(COC)OC. The first-order valence-corrected chi connectivity index (χ1v) is 4.14. The minimum absolute atomic E-state index is 0.0750. The summed E-state index contributed by atoms with van der Waals surface area (Å²) in [5.74, 6) is 0. The van der Waals surface area contributed by atoms with E-state index in [-0.39, 0.29) is 6.10 Å². The van der Waals surface area contributed by atoms with Crippen LogP contribution >= 0.6 is 11.6 Å². The molecule has 0 aliphatic carbocycles. The number of hydrogen-bond acceptors (Lipinski definition) is 3. The minimum atomic E-state index is 0.0750. The van der Waals surface area contributed by atoms with Crippen LogP contribution in [0.1, 0.15) is 0 Å². The second-order valence-electron chi connectivity index (χ2n) is 2.46. The molecular weight excluding hydrogens is 178 g/mol. The quantitative estimate of drug-likeness (QED) is 0.654. The fraction of sp³-hybridized carbons (Fsp3) is 0.750. The molecule has 0 fully saturated rings. The highest BCUT2D eigenvalue weighted by molar-refractivity contribution is 6.29. The van der Waals surface area contributed by atoms with E-state index in [1.165, 1.54) is 0 Å². The third-order valence-corrected chi connectivity index (χ3v) is 1.51. The van der Waals surface area contributed by atoms with Crippen LogP contribution in [-0.4, -0.2) is 40.0 Å². The Morgan fingerprint density at radius 2 is 2.25 bits per heavy atom. The Hall–Kier alpha value is -0.0900. The van der Waals surface area contributed by atoms with Crippen LogP contribution in [0.25, 0.3) is 0 Å². The molecule has 0 rings (SSSR count). The van der Waals surface area contributed by atoms with Crippen molar-refractivity contribution in [2.24, 2.45) is 0 Å². The minimum Gasteiger partial charge on any atom is -0.382 e. The van der Waals surface area contributed by atoms with Crippen LogP contribution in [0.3, 0.4) is 0 Å². The summed E-state index contributed by atoms with van der Waals surface area (Å²) in [7, 11) is 3.30. The molecule has 0 aromatic rings. The largest absolute Gasteiger partial charge is 0.382 e. The lowest BCUT2D eigenvalue weighted by Crippen LogP contribution is -2.32. The fourth-order valence-electron chi connectivity index (χ4n) is 0.765. The predicted molar refractivity (Wildman–Crippen MR) is 50.5 cm³/mol. The number of ether oxygens (including phenoxy) is 2. The fourth-order valence-corrected chi connectivity index (χ4v) is 0.859. The Bertz CT molecular complexity index is 130. The molecule has 0 aromatic carbocycles. The summed E-state index contributed by atoms with van der Waals surface area (Å²) >= 11 is 5.55. The van der Waals surface area contributed by atoms with Crippen LogP contribution in [0, 0.1) is 0 Å². The van der Waals surface area contributed by atoms with E-state index in [1.54, 1.807) is 14.2 Å². The van der Waals surface area contributed by atoms with Crippen LogP contribution in [0.15, 0.2) is 11.6 Å². The normalized spacial score (nSPS) is 12.9. The molecular formula is C8H16ClNO2. The second kappa shape index (κ2) is 7.55. The predicted octanol–water partition coefficient (Wildman–Crippen LogP) is 0.990. The van der Waals surface area contributed by atoms with Gasteiger partial charge in [-0.05, 0) is 0 Å². The van der Waals surface area contributed by atoms with Crippen molar-refractivity contribution >= 4 is 11.6 Å². The zero-order chi connectivity index (χ0) is 9.40. The lowest BCUT2D eigenvalue weighted by atomic mass is 10.3. The summed E-state index contributed by atoms with van der Waals surface area (Å²) in [6.45, 7) is 5.46. The first-order chi connectivity index (χ1) is 5.70. The van der Waals surface area contributed by atoms with Crippen molar-refractivity contribution in [1.29, 1.82) is 0 Å². The number of halogens is 1. The molecule has 0 saturated carbocycles. The van der Waals surface area contributed by atoms with Crippen molar-refractivity contribution in [3.8, 4) is 0 Å². The maximum Gasteiger partial charge on any atom is 0.0928 e. The van der Waals surface area contributed by atoms with Gasteiger partial charge in [-0.3, -0.25) is 0 Å². The number of methoxy groups -OCH3 is 2. The second-order valence-corrected chi connectivity index (χ2v) is 3.00. The molecule has 0 amide bonds. The van der Waals surface area contributed by atoms with Gasteiger partial charge >= 0.3 is 0 Å². The van der Waals surface area contributed by atoms with Gasteiger partial charge < -0.3 is 14.8 Å². The first-order valence-electron chi connectivity index (χ1n) is 3.76. The highest BCUT2D eigenvalue weighted by Gasteiger charge is 2.04. The molecule has 0 spiro atoms. The summed E-state index contributed by atoms with van der Waals surface area (Å²) < 4.78 is 10.0. The van der Waals surface area contributed by atoms with Gasteiger partial charge in [0.1, 0.15) is 0 Å². The first kappa shape index (κ1) is 11.9. The van der Waals surface area contributed by atoms with Gasteiger partial charge in [0, 0.05) is 32.3 Å². The van der Waals surface area contributed by atoms with E-state index >= 15 is 0 Å². The Morgan fingerprint density at radius 1 is 1.58 bits per heavy atom. The molecule has 0 saturated heterocycles. The molecule has 1 unspecified atom stereocenters. The van der Waals surface area contributed by atoms with Gasteiger partial charge in [0.2, 0.25) is 0 Å². The molecule has 0 aromatic heterocycles. The zero-order valence-electron chi connectivity index (χ0n) is 7.60. The van der Waals surface area contributed by atoms with Crippen molar-refractivity contribution in [2.75, 3.05) is 33.9 Å². The molecule has 4 heteroatoms. The average Bonchev–Trinajstić information content (AvgIpc) is 2.02. The van der Waals surface area contributed by atoms with Crippen molar-refractivity contribution in [3.63, 3.8) is 0 Å². The monoisotopic (exact) mass is 193 g/mol. The maximum absolute atomic E-state index is 5.55. The van der Waals surface area contributed by atoms with E-state index in [0.717, 1.165) is 6.54 Å². The highest BCUT2D eigenvalue weighted by atomic mass is 35.5. The molecule has 0 bridgehead atoms. The van der Waals surface area contributed by atoms with Gasteiger partial charge in [-0.15, -0.1) is 0 Å². The summed E-state index contributed by atoms with van der Waals surface area (Å²) in [5.41, 5.74) is 0. The van der Waals surface area contributed by atoms with E-state index in [1.807, 2.05) is 0 Å². The van der Waals surface area contributed by atoms with Gasteiger partial charge in [0.05, 0.1) is 12.7 Å². The Labute approximate surface area is 78.7 Å². The topological polar surface area (TPSA) is 30.5 Å². The summed E-state index contributed by atoms with van der Waals surface area (Å²) in [5, 5.41) is 3.68. The van der Waals surface area contributed by atoms with Crippen molar-refractivity contribution < 1.29 is 9.47 Å². The Balaban J connectivity index is 3.37. The van der Waals surface area contributed by atoms with Crippen LogP contribution < -0.4 is 5.32 Å². The molecule has 72 valence electrons. The van der Waals surface area contributed by atoms with Gasteiger partial charge in [0.15, 0.2) is 0 Å². The smallest absolute Gasteiger partial charge is 0.0928 e. The third kappa shape index (κ3) is 6.61. The highest BCUT2D eigenvalue weighted by Crippen LogP contribution is 1.93. The van der Waals surface area contributed by atoms with Gasteiger partial charge in [-0.25, -0.2) is 0 Å². The van der Waals surface area contributed by atoms with Crippen molar-refractivity contribution in [3.05, 3.63) is 11.6 Å². The number of nitrogens with one attached hydrogen (secondary N) is 1. The van der Waals surface area contributed by atoms with Crippen LogP contribution in [-0.2, 0) is 9.47 Å². The molecule has 0 aliphatic rings. The molecule has 1 N–H and O–H groups in total. The van der Waals surface area contributed by atoms with Crippen LogP contribution in [0.4, 0.5) is 0 Å². The van der Waals surface area contributed by atoms with E-state index in [4.69, 9.17) is 21.1 Å². The summed E-state index contributed by atoms with van der Waals surface area (Å²) in [6, 6.07) is 0. The molecule has 1 atom stereocenters. The van der Waals surface area contributed by atoms with Gasteiger partial charge in [-0.2, -0.15) is 0 Å². The van der Waals surface area contributed by atoms with Gasteiger partial charge in [-0.1, -0.05) is 18.2 Å². The number of hydrogen-bond donors (Lipinski definition) is 1. The van der Waals surface area contributed by atoms with Crippen LogP contribution in [0.5, 0.6) is 0 Å². The molecule has 0 aliphatic heterocycles. The Kier molecular flexibility index (Phi) is 7.50. The van der Waals surface area contributed by atoms with Crippen molar-refractivity contribution in [1.82, 2.24) is 5.32 Å². The molecule has 0 heterocycles. The van der Waals surface area contributed by atoms with E-state index in [9.17, 15) is 0 Å². The van der Waals surface area contributed by atoms with Crippen molar-refractivity contribution in [2.45, 2.75) is 6.10 Å². The average molecular weight is 194 g/mol. The van der Waals surface area contributed by atoms with E-state index < -0.39 is 0 Å². The molecule has 0 radical (unpaired) electrons.